The van der Waals surface area contributed by atoms with Gasteiger partial charge in [-0.05, 0) is 36.8 Å². The highest BCUT2D eigenvalue weighted by atomic mass is 16.6. The predicted molar refractivity (Wildman–Crippen MR) is 131 cm³/mol. The first kappa shape index (κ1) is 26.4. The normalized spacial score (nSPS) is 36.5. The molecule has 9 heteroatoms. The van der Waals surface area contributed by atoms with E-state index in [4.69, 9.17) is 18.6 Å². The van der Waals surface area contributed by atoms with Crippen molar-refractivity contribution < 1.29 is 42.6 Å². The summed E-state index contributed by atoms with van der Waals surface area (Å²) in [6, 6.07) is 1.78. The molecule has 1 aromatic rings. The smallest absolute Gasteiger partial charge is 0.347 e. The third-order valence-electron chi connectivity index (χ3n) is 9.84. The van der Waals surface area contributed by atoms with Crippen LogP contribution >= 0.6 is 0 Å². The maximum atomic E-state index is 14.1. The van der Waals surface area contributed by atoms with Gasteiger partial charge in [0.1, 0.15) is 11.9 Å². The number of ether oxygens (including phenoxy) is 3. The van der Waals surface area contributed by atoms with E-state index in [0.29, 0.717) is 12.8 Å². The van der Waals surface area contributed by atoms with Crippen molar-refractivity contribution in [2.24, 2.45) is 34.0 Å². The Morgan fingerprint density at radius 3 is 2.42 bits per heavy atom. The Morgan fingerprint density at radius 1 is 1.11 bits per heavy atom. The molecule has 38 heavy (non-hydrogen) atoms. The number of allylic oxidation sites excluding steroid dienone is 1. The van der Waals surface area contributed by atoms with E-state index in [2.05, 4.69) is 6.92 Å². The number of esters is 3. The third kappa shape index (κ3) is 3.46. The van der Waals surface area contributed by atoms with Crippen molar-refractivity contribution in [1.29, 1.82) is 0 Å². The summed E-state index contributed by atoms with van der Waals surface area (Å²) in [4.78, 5) is 66.0. The van der Waals surface area contributed by atoms with Crippen molar-refractivity contribution in [2.45, 2.75) is 72.5 Å². The minimum Gasteiger partial charge on any atom is -0.472 e. The monoisotopic (exact) mass is 526 g/mol. The first-order valence-corrected chi connectivity index (χ1v) is 13.1. The van der Waals surface area contributed by atoms with Crippen LogP contribution in [0.25, 0.3) is 0 Å². The lowest BCUT2D eigenvalue weighted by Crippen LogP contribution is -2.68. The summed E-state index contributed by atoms with van der Waals surface area (Å²) < 4.78 is 21.6. The number of methoxy groups -OCH3 is 1. The number of carbonyl (C=O) groups excluding carboxylic acids is 5. The van der Waals surface area contributed by atoms with Gasteiger partial charge in [0.25, 0.3) is 0 Å². The standard InChI is InChI=1S/C29H34O9/c1-14(30)37-21(26(34)35-6)22-27(2,3)23(32)17-11-16-18(29(22,5)24(17)33)7-9-28(4)19(16)12-20(31)38-25(28)15-8-10-36-13-15/h8,10,13,17-18,21-22,25H,7,9,11-12H2,1-6H3/t17-,18?,21-,22+,25+,28-,29-/m1/s1. The molecular weight excluding hydrogens is 492 g/mol. The van der Waals surface area contributed by atoms with Crippen molar-refractivity contribution in [2.75, 3.05) is 7.11 Å². The van der Waals surface area contributed by atoms with Crippen LogP contribution in [0.3, 0.4) is 0 Å². The van der Waals surface area contributed by atoms with Gasteiger partial charge in [-0.3, -0.25) is 19.2 Å². The summed E-state index contributed by atoms with van der Waals surface area (Å²) >= 11 is 0. The van der Waals surface area contributed by atoms with Crippen molar-refractivity contribution in [1.82, 2.24) is 0 Å². The Bertz CT molecular complexity index is 1250. The fraction of sp³-hybridized carbons (Fsp3) is 0.621. The molecule has 1 unspecified atom stereocenters. The molecule has 1 saturated heterocycles. The largest absolute Gasteiger partial charge is 0.472 e. The number of hydrogen-bond donors (Lipinski definition) is 0. The fourth-order valence-corrected chi connectivity index (χ4v) is 8.22. The maximum absolute atomic E-state index is 14.1. The molecule has 0 amide bonds. The van der Waals surface area contributed by atoms with E-state index in [-0.39, 0.29) is 36.3 Å². The van der Waals surface area contributed by atoms with Crippen molar-refractivity contribution in [3.8, 4) is 0 Å². The Labute approximate surface area is 221 Å². The van der Waals surface area contributed by atoms with Gasteiger partial charge >= 0.3 is 17.9 Å². The predicted octanol–water partition coefficient (Wildman–Crippen LogP) is 3.91. The van der Waals surface area contributed by atoms with Crippen molar-refractivity contribution in [3.63, 3.8) is 0 Å². The number of carbonyl (C=O) groups is 5. The Hall–Kier alpha value is -3.23. The molecule has 4 aliphatic rings. The highest BCUT2D eigenvalue weighted by Crippen LogP contribution is 2.67. The van der Waals surface area contributed by atoms with Gasteiger partial charge in [-0.2, -0.15) is 0 Å². The molecule has 7 atom stereocenters. The zero-order chi connectivity index (χ0) is 27.8. The summed E-state index contributed by atoms with van der Waals surface area (Å²) in [5.74, 6) is -4.62. The summed E-state index contributed by atoms with van der Waals surface area (Å²) in [5.41, 5.74) is -0.329. The van der Waals surface area contributed by atoms with Gasteiger partial charge < -0.3 is 18.6 Å². The van der Waals surface area contributed by atoms with Crippen LogP contribution in [-0.4, -0.2) is 42.7 Å². The van der Waals surface area contributed by atoms with Gasteiger partial charge in [-0.25, -0.2) is 4.79 Å². The number of Topliss-reactive ketones (excluding diaryl/α,β-unsaturated/α-hetero) is 2. The molecule has 0 aromatic carbocycles. The minimum atomic E-state index is -1.43. The number of hydrogen-bond acceptors (Lipinski definition) is 9. The Balaban J connectivity index is 1.71. The zero-order valence-corrected chi connectivity index (χ0v) is 22.6. The fourth-order valence-electron chi connectivity index (χ4n) is 8.22. The minimum absolute atomic E-state index is 0.0697. The average molecular weight is 527 g/mol. The number of ketones is 2. The van der Waals surface area contributed by atoms with Gasteiger partial charge in [-0.1, -0.05) is 33.3 Å². The summed E-state index contributed by atoms with van der Waals surface area (Å²) in [6.45, 7) is 8.47. The van der Waals surface area contributed by atoms with Crippen LogP contribution in [0.1, 0.15) is 72.0 Å². The summed E-state index contributed by atoms with van der Waals surface area (Å²) in [7, 11) is 1.19. The topological polar surface area (TPSA) is 126 Å². The van der Waals surface area contributed by atoms with Crippen LogP contribution in [0.2, 0.25) is 0 Å². The van der Waals surface area contributed by atoms with Crippen LogP contribution in [0.15, 0.2) is 34.2 Å². The van der Waals surface area contributed by atoms with E-state index in [1.807, 2.05) is 0 Å². The third-order valence-corrected chi connectivity index (χ3v) is 9.84. The summed E-state index contributed by atoms with van der Waals surface area (Å²) in [5, 5.41) is 0. The second kappa shape index (κ2) is 8.64. The maximum Gasteiger partial charge on any atom is 0.347 e. The molecule has 2 saturated carbocycles. The molecular formula is C29H34O9. The van der Waals surface area contributed by atoms with E-state index in [1.54, 1.807) is 33.1 Å². The number of rotatable bonds is 4. The molecule has 5 rings (SSSR count). The molecule has 9 nitrogen and oxygen atoms in total. The molecule has 0 N–H and O–H groups in total. The number of cyclic esters (lactones) is 1. The zero-order valence-electron chi connectivity index (χ0n) is 22.6. The molecule has 0 spiro atoms. The van der Waals surface area contributed by atoms with Gasteiger partial charge in [0, 0.05) is 34.7 Å². The van der Waals surface area contributed by atoms with Crippen molar-refractivity contribution >= 4 is 29.5 Å². The highest BCUT2D eigenvalue weighted by molar-refractivity contribution is 6.11. The van der Waals surface area contributed by atoms with Crippen LogP contribution in [0.4, 0.5) is 0 Å². The molecule has 1 aliphatic heterocycles. The van der Waals surface area contributed by atoms with E-state index < -0.39 is 52.2 Å². The molecule has 3 aliphatic carbocycles. The summed E-state index contributed by atoms with van der Waals surface area (Å²) in [6.07, 6.45) is 2.63. The second-order valence-electron chi connectivity index (χ2n) is 12.1. The lowest BCUT2D eigenvalue weighted by Gasteiger charge is -2.61. The molecule has 3 fully saturated rings. The molecule has 1 aromatic heterocycles. The van der Waals surface area contributed by atoms with Gasteiger partial charge in [0.2, 0.25) is 6.10 Å². The van der Waals surface area contributed by atoms with Crippen LogP contribution in [-0.2, 0) is 38.2 Å². The van der Waals surface area contributed by atoms with Crippen molar-refractivity contribution in [3.05, 3.63) is 35.3 Å². The van der Waals surface area contributed by atoms with E-state index in [1.165, 1.54) is 20.3 Å². The molecule has 2 heterocycles. The number of furan rings is 1. The van der Waals surface area contributed by atoms with E-state index >= 15 is 0 Å². The molecule has 2 bridgehead atoms. The quantitative estimate of drug-likeness (QED) is 0.248. The molecule has 0 radical (unpaired) electrons. The first-order chi connectivity index (χ1) is 17.8. The lowest BCUT2D eigenvalue weighted by molar-refractivity contribution is -0.194. The highest BCUT2D eigenvalue weighted by Gasteiger charge is 2.70. The van der Waals surface area contributed by atoms with Crippen LogP contribution in [0, 0.1) is 34.0 Å². The Kier molecular flexibility index (Phi) is 6.00. The van der Waals surface area contributed by atoms with Crippen LogP contribution in [0.5, 0.6) is 0 Å². The van der Waals surface area contributed by atoms with E-state index in [9.17, 15) is 24.0 Å². The Morgan fingerprint density at radius 2 is 1.82 bits per heavy atom. The average Bonchev–Trinajstić information content (AvgIpc) is 3.38. The van der Waals surface area contributed by atoms with Gasteiger partial charge in [0.15, 0.2) is 5.78 Å². The van der Waals surface area contributed by atoms with Crippen LogP contribution < -0.4 is 0 Å². The number of fused-ring (bicyclic) bond motifs is 5. The lowest BCUT2D eigenvalue weighted by atomic mass is 9.40. The van der Waals surface area contributed by atoms with E-state index in [0.717, 1.165) is 16.7 Å². The second-order valence-corrected chi connectivity index (χ2v) is 12.1. The van der Waals surface area contributed by atoms with Gasteiger partial charge in [0.05, 0.1) is 32.0 Å². The first-order valence-electron chi connectivity index (χ1n) is 13.1. The van der Waals surface area contributed by atoms with Gasteiger partial charge in [-0.15, -0.1) is 0 Å². The SMILES string of the molecule is COC(=O)[C@H](OC(C)=O)[C@H]1C(C)(C)C(=O)[C@H]2CC3=C4CC(=O)O[C@@H](c5ccoc5)[C@]4(C)CCC3[C@@]1(C)C2=O. The molecule has 204 valence electrons.